The summed E-state index contributed by atoms with van der Waals surface area (Å²) in [5.41, 5.74) is 2.56. The Morgan fingerprint density at radius 1 is 1.08 bits per heavy atom. The molecule has 2 aromatic carbocycles. The van der Waals surface area contributed by atoms with Crippen LogP contribution in [0.3, 0.4) is 0 Å². The van der Waals surface area contributed by atoms with Crippen LogP contribution >= 0.6 is 0 Å². The third-order valence-electron chi connectivity index (χ3n) is 5.91. The molecule has 0 aliphatic rings. The average Bonchev–Trinajstić information content (AvgIpc) is 3.30. The lowest BCUT2D eigenvalue weighted by atomic mass is 10.0. The lowest BCUT2D eigenvalue weighted by molar-refractivity contribution is -0.127. The van der Waals surface area contributed by atoms with Gasteiger partial charge in [0.15, 0.2) is 0 Å². The van der Waals surface area contributed by atoms with E-state index in [-0.39, 0.29) is 18.4 Å². The van der Waals surface area contributed by atoms with Gasteiger partial charge in [0, 0.05) is 36.3 Å². The summed E-state index contributed by atoms with van der Waals surface area (Å²) in [7, 11) is 0. The summed E-state index contributed by atoms with van der Waals surface area (Å²) in [4.78, 5) is 33.4. The third kappa shape index (κ3) is 6.30. The molecule has 0 saturated heterocycles. The smallest absolute Gasteiger partial charge is 0.249 e. The van der Waals surface area contributed by atoms with Gasteiger partial charge in [-0.1, -0.05) is 43.3 Å². The SMILES string of the molecule is CCOc1cccc(N(C(=O)Cn2nnc3ccccc32)[C@@H](C(=O)NCCC(C)C)c2cccnc2)c1. The van der Waals surface area contributed by atoms with Gasteiger partial charge in [0.2, 0.25) is 11.8 Å². The Balaban J connectivity index is 1.76. The molecule has 2 aromatic heterocycles. The zero-order valence-corrected chi connectivity index (χ0v) is 21.4. The van der Waals surface area contributed by atoms with Crippen LogP contribution < -0.4 is 15.0 Å². The van der Waals surface area contributed by atoms with E-state index in [0.29, 0.717) is 41.6 Å². The van der Waals surface area contributed by atoms with Crippen molar-refractivity contribution in [2.75, 3.05) is 18.1 Å². The van der Waals surface area contributed by atoms with Gasteiger partial charge in [0.1, 0.15) is 23.9 Å². The minimum Gasteiger partial charge on any atom is -0.494 e. The average molecular weight is 501 g/mol. The molecule has 0 spiro atoms. The van der Waals surface area contributed by atoms with Crippen LogP contribution in [0.25, 0.3) is 11.0 Å². The number of para-hydroxylation sites is 1. The van der Waals surface area contributed by atoms with Crippen LogP contribution in [-0.4, -0.2) is 44.9 Å². The highest BCUT2D eigenvalue weighted by Crippen LogP contribution is 2.31. The number of amides is 2. The molecule has 9 nitrogen and oxygen atoms in total. The van der Waals surface area contributed by atoms with E-state index < -0.39 is 6.04 Å². The van der Waals surface area contributed by atoms with Crippen molar-refractivity contribution in [2.24, 2.45) is 5.92 Å². The van der Waals surface area contributed by atoms with E-state index >= 15 is 0 Å². The van der Waals surface area contributed by atoms with Crippen LogP contribution in [0.5, 0.6) is 5.75 Å². The lowest BCUT2D eigenvalue weighted by Gasteiger charge is -2.31. The molecule has 1 atom stereocenters. The predicted octanol–water partition coefficient (Wildman–Crippen LogP) is 4.16. The Morgan fingerprint density at radius 2 is 1.92 bits per heavy atom. The standard InChI is InChI=1S/C28H32N6O3/c1-4-37-23-11-7-10-22(17-23)34(26(35)19-33-25-13-6-5-12-24(25)31-32-33)27(21-9-8-15-29-18-21)28(36)30-16-14-20(2)3/h5-13,15,17-18,20,27H,4,14,16,19H2,1-3H3,(H,30,36)/t27-/m1/s1. The summed E-state index contributed by atoms with van der Waals surface area (Å²) in [5, 5.41) is 11.4. The maximum Gasteiger partial charge on any atom is 0.249 e. The first kappa shape index (κ1) is 25.8. The molecule has 4 aromatic rings. The number of carbonyl (C=O) groups is 2. The van der Waals surface area contributed by atoms with E-state index in [9.17, 15) is 9.59 Å². The van der Waals surface area contributed by atoms with Crippen molar-refractivity contribution in [3.05, 3.63) is 78.6 Å². The topological polar surface area (TPSA) is 102 Å². The molecule has 2 amide bonds. The van der Waals surface area contributed by atoms with Gasteiger partial charge in [-0.25, -0.2) is 4.68 Å². The molecule has 2 heterocycles. The van der Waals surface area contributed by atoms with Crippen molar-refractivity contribution in [1.82, 2.24) is 25.3 Å². The number of rotatable bonds is 11. The van der Waals surface area contributed by atoms with Crippen molar-refractivity contribution in [2.45, 2.75) is 39.8 Å². The highest BCUT2D eigenvalue weighted by atomic mass is 16.5. The quantitative estimate of drug-likeness (QED) is 0.332. The fourth-order valence-corrected chi connectivity index (χ4v) is 4.10. The number of benzene rings is 2. The fraction of sp³-hybridized carbons (Fsp3) is 0.321. The Hall–Kier alpha value is -4.27. The number of ether oxygens (including phenoxy) is 1. The van der Waals surface area contributed by atoms with Gasteiger partial charge >= 0.3 is 0 Å². The molecule has 0 bridgehead atoms. The number of hydrogen-bond acceptors (Lipinski definition) is 6. The monoisotopic (exact) mass is 500 g/mol. The Bertz CT molecular complexity index is 1340. The minimum atomic E-state index is -0.944. The Kier molecular flexibility index (Phi) is 8.45. The van der Waals surface area contributed by atoms with Gasteiger partial charge in [-0.3, -0.25) is 19.5 Å². The summed E-state index contributed by atoms with van der Waals surface area (Å²) < 4.78 is 7.25. The number of carbonyl (C=O) groups excluding carboxylic acids is 2. The molecule has 1 N–H and O–H groups in total. The molecule has 0 unspecified atom stereocenters. The van der Waals surface area contributed by atoms with Gasteiger partial charge in [0.25, 0.3) is 0 Å². The van der Waals surface area contributed by atoms with Crippen LogP contribution in [0.2, 0.25) is 0 Å². The number of anilines is 1. The fourth-order valence-electron chi connectivity index (χ4n) is 4.10. The molecule has 0 aliphatic carbocycles. The van der Waals surface area contributed by atoms with Gasteiger partial charge in [-0.2, -0.15) is 0 Å². The normalized spacial score (nSPS) is 11.9. The summed E-state index contributed by atoms with van der Waals surface area (Å²) >= 11 is 0. The second-order valence-electron chi connectivity index (χ2n) is 9.09. The summed E-state index contributed by atoms with van der Waals surface area (Å²) in [6, 6.07) is 17.3. The first-order chi connectivity index (χ1) is 18.0. The summed E-state index contributed by atoms with van der Waals surface area (Å²) in [6.45, 7) is 6.97. The zero-order valence-electron chi connectivity index (χ0n) is 21.4. The van der Waals surface area contributed by atoms with Crippen molar-refractivity contribution >= 4 is 28.5 Å². The molecule has 192 valence electrons. The maximum absolute atomic E-state index is 14.0. The Morgan fingerprint density at radius 3 is 2.68 bits per heavy atom. The molecule has 0 saturated carbocycles. The van der Waals surface area contributed by atoms with Gasteiger partial charge in [0.05, 0.1) is 12.1 Å². The maximum atomic E-state index is 14.0. The summed E-state index contributed by atoms with van der Waals surface area (Å²) in [5.74, 6) is 0.428. The third-order valence-corrected chi connectivity index (χ3v) is 5.91. The minimum absolute atomic E-state index is 0.102. The summed E-state index contributed by atoms with van der Waals surface area (Å²) in [6.07, 6.45) is 4.08. The van der Waals surface area contributed by atoms with E-state index in [1.807, 2.05) is 43.3 Å². The zero-order chi connectivity index (χ0) is 26.2. The molecule has 0 aliphatic heterocycles. The second-order valence-corrected chi connectivity index (χ2v) is 9.09. The van der Waals surface area contributed by atoms with Crippen LogP contribution in [0.4, 0.5) is 5.69 Å². The van der Waals surface area contributed by atoms with Crippen molar-refractivity contribution in [3.8, 4) is 5.75 Å². The van der Waals surface area contributed by atoms with Crippen molar-refractivity contribution in [1.29, 1.82) is 0 Å². The molecule has 0 fully saturated rings. The predicted molar refractivity (Wildman–Crippen MR) is 142 cm³/mol. The van der Waals surface area contributed by atoms with Crippen molar-refractivity contribution < 1.29 is 14.3 Å². The Labute approximate surface area is 216 Å². The van der Waals surface area contributed by atoms with Crippen LogP contribution in [0.15, 0.2) is 73.1 Å². The molecule has 4 rings (SSSR count). The van der Waals surface area contributed by atoms with Gasteiger partial charge in [-0.05, 0) is 49.6 Å². The first-order valence-corrected chi connectivity index (χ1v) is 12.5. The number of aromatic nitrogens is 4. The number of pyridine rings is 1. The number of nitrogens with zero attached hydrogens (tertiary/aromatic N) is 5. The van der Waals surface area contributed by atoms with E-state index in [0.717, 1.165) is 11.9 Å². The largest absolute Gasteiger partial charge is 0.494 e. The highest BCUT2D eigenvalue weighted by molar-refractivity contribution is 6.01. The van der Waals surface area contributed by atoms with E-state index in [2.05, 4.69) is 34.5 Å². The van der Waals surface area contributed by atoms with Crippen LogP contribution in [-0.2, 0) is 16.1 Å². The number of hydrogen-bond donors (Lipinski definition) is 1. The van der Waals surface area contributed by atoms with E-state index in [1.165, 1.54) is 4.90 Å². The molecule has 9 heteroatoms. The van der Waals surface area contributed by atoms with Gasteiger partial charge < -0.3 is 10.1 Å². The molecular formula is C28H32N6O3. The lowest BCUT2D eigenvalue weighted by Crippen LogP contribution is -2.45. The van der Waals surface area contributed by atoms with Crippen LogP contribution in [0.1, 0.15) is 38.8 Å². The highest BCUT2D eigenvalue weighted by Gasteiger charge is 2.33. The van der Waals surface area contributed by atoms with E-state index in [1.54, 1.807) is 41.3 Å². The number of fused-ring (bicyclic) bond motifs is 1. The molecular weight excluding hydrogens is 468 g/mol. The van der Waals surface area contributed by atoms with Crippen molar-refractivity contribution in [3.63, 3.8) is 0 Å². The second kappa shape index (κ2) is 12.1. The number of nitrogens with one attached hydrogen (secondary N) is 1. The van der Waals surface area contributed by atoms with E-state index in [4.69, 9.17) is 4.74 Å². The van der Waals surface area contributed by atoms with Gasteiger partial charge in [-0.15, -0.1) is 5.10 Å². The van der Waals surface area contributed by atoms with Crippen LogP contribution in [0, 0.1) is 5.92 Å². The molecule has 37 heavy (non-hydrogen) atoms. The molecule has 0 radical (unpaired) electrons. The first-order valence-electron chi connectivity index (χ1n) is 12.5.